The molecule has 126 valence electrons. The summed E-state index contributed by atoms with van der Waals surface area (Å²) in [6.07, 6.45) is 6.48. The van der Waals surface area contributed by atoms with Crippen LogP contribution >= 0.6 is 0 Å². The molecule has 3 heterocycles. The Labute approximate surface area is 139 Å². The molecule has 1 saturated carbocycles. The fourth-order valence-electron chi connectivity index (χ4n) is 3.99. The second-order valence-corrected chi connectivity index (χ2v) is 7.68. The van der Waals surface area contributed by atoms with Crippen LogP contribution in [0, 0.1) is 12.8 Å². The summed E-state index contributed by atoms with van der Waals surface area (Å²) in [7, 11) is 0. The highest BCUT2D eigenvalue weighted by Crippen LogP contribution is 2.37. The highest BCUT2D eigenvalue weighted by molar-refractivity contribution is 5.10. The molecular weight excluding hydrogens is 288 g/mol. The Bertz CT molecular complexity index is 546. The van der Waals surface area contributed by atoms with Crippen molar-refractivity contribution >= 4 is 0 Å². The van der Waals surface area contributed by atoms with Crippen LogP contribution in [0.15, 0.2) is 18.2 Å². The molecule has 1 spiro atoms. The standard InChI is InChI=1S/C19H28N2O2/c1-15-4-2-5-17(20-15)11-21-9-3-8-19(14-21)10-18(13-23-19)22-12-16-6-7-16/h2,4-5,16,18H,3,6-14H2,1H3/t18-,19+/m1/s1. The Morgan fingerprint density at radius 1 is 1.39 bits per heavy atom. The molecule has 0 unspecified atom stereocenters. The molecule has 4 rings (SSSR count). The molecule has 1 aromatic heterocycles. The van der Waals surface area contributed by atoms with Gasteiger partial charge in [-0.2, -0.15) is 0 Å². The summed E-state index contributed by atoms with van der Waals surface area (Å²) in [4.78, 5) is 7.15. The molecule has 0 aromatic carbocycles. The molecular formula is C19H28N2O2. The smallest absolute Gasteiger partial charge is 0.0836 e. The van der Waals surface area contributed by atoms with Gasteiger partial charge in [-0.25, -0.2) is 0 Å². The fraction of sp³-hybridized carbons (Fsp3) is 0.737. The summed E-state index contributed by atoms with van der Waals surface area (Å²) >= 11 is 0. The summed E-state index contributed by atoms with van der Waals surface area (Å²) in [6, 6.07) is 6.29. The third-order valence-electron chi connectivity index (χ3n) is 5.39. The van der Waals surface area contributed by atoms with Gasteiger partial charge >= 0.3 is 0 Å². The van der Waals surface area contributed by atoms with Gasteiger partial charge in [0, 0.05) is 31.8 Å². The van der Waals surface area contributed by atoms with Crippen molar-refractivity contribution in [3.05, 3.63) is 29.6 Å². The topological polar surface area (TPSA) is 34.6 Å². The lowest BCUT2D eigenvalue weighted by Crippen LogP contribution is -2.47. The third kappa shape index (κ3) is 3.93. The molecule has 2 atom stereocenters. The quantitative estimate of drug-likeness (QED) is 0.836. The van der Waals surface area contributed by atoms with Crippen molar-refractivity contribution in [3.63, 3.8) is 0 Å². The molecule has 3 fully saturated rings. The molecule has 4 nitrogen and oxygen atoms in total. The lowest BCUT2D eigenvalue weighted by atomic mass is 9.89. The zero-order valence-corrected chi connectivity index (χ0v) is 14.2. The van der Waals surface area contributed by atoms with Crippen molar-refractivity contribution < 1.29 is 9.47 Å². The summed E-state index contributed by atoms with van der Waals surface area (Å²) < 4.78 is 12.3. The van der Waals surface area contributed by atoms with E-state index in [-0.39, 0.29) is 5.60 Å². The van der Waals surface area contributed by atoms with Crippen LogP contribution in [-0.2, 0) is 16.0 Å². The van der Waals surface area contributed by atoms with Crippen LogP contribution in [-0.4, -0.2) is 47.9 Å². The minimum absolute atomic E-state index is 0.0241. The van der Waals surface area contributed by atoms with E-state index in [2.05, 4.69) is 35.0 Å². The van der Waals surface area contributed by atoms with Gasteiger partial charge in [-0.05, 0) is 57.2 Å². The number of pyridine rings is 1. The molecule has 0 bridgehead atoms. The highest BCUT2D eigenvalue weighted by atomic mass is 16.6. The van der Waals surface area contributed by atoms with Gasteiger partial charge in [0.2, 0.25) is 0 Å². The van der Waals surface area contributed by atoms with E-state index in [0.29, 0.717) is 6.10 Å². The summed E-state index contributed by atoms with van der Waals surface area (Å²) in [5, 5.41) is 0. The first-order chi connectivity index (χ1) is 11.2. The predicted molar refractivity (Wildman–Crippen MR) is 89.2 cm³/mol. The van der Waals surface area contributed by atoms with Gasteiger partial charge in [0.15, 0.2) is 0 Å². The van der Waals surface area contributed by atoms with Gasteiger partial charge < -0.3 is 9.47 Å². The zero-order valence-electron chi connectivity index (χ0n) is 14.2. The minimum Gasteiger partial charge on any atom is -0.375 e. The van der Waals surface area contributed by atoms with Crippen LogP contribution in [0.2, 0.25) is 0 Å². The van der Waals surface area contributed by atoms with Crippen LogP contribution < -0.4 is 0 Å². The summed E-state index contributed by atoms with van der Waals surface area (Å²) in [5.41, 5.74) is 2.29. The molecule has 2 saturated heterocycles. The lowest BCUT2D eigenvalue weighted by Gasteiger charge is -2.39. The van der Waals surface area contributed by atoms with Crippen molar-refractivity contribution in [1.29, 1.82) is 0 Å². The molecule has 4 heteroatoms. The SMILES string of the molecule is Cc1cccc(CN2CCC[C@]3(C[C@@H](OCC4CC4)CO3)C2)n1. The first-order valence-corrected chi connectivity index (χ1v) is 9.11. The number of ether oxygens (including phenoxy) is 2. The van der Waals surface area contributed by atoms with E-state index in [4.69, 9.17) is 9.47 Å². The van der Waals surface area contributed by atoms with Gasteiger partial charge in [-0.1, -0.05) is 6.07 Å². The molecule has 0 radical (unpaired) electrons. The van der Waals surface area contributed by atoms with Crippen LogP contribution in [0.4, 0.5) is 0 Å². The van der Waals surface area contributed by atoms with E-state index in [9.17, 15) is 0 Å². The number of nitrogens with zero attached hydrogens (tertiary/aromatic N) is 2. The number of piperidine rings is 1. The van der Waals surface area contributed by atoms with Crippen molar-refractivity contribution in [2.45, 2.75) is 57.3 Å². The predicted octanol–water partition coefficient (Wildman–Crippen LogP) is 2.94. The van der Waals surface area contributed by atoms with E-state index in [1.807, 2.05) is 0 Å². The van der Waals surface area contributed by atoms with Crippen molar-refractivity contribution in [2.75, 3.05) is 26.3 Å². The maximum Gasteiger partial charge on any atom is 0.0836 e. The van der Waals surface area contributed by atoms with Gasteiger partial charge in [0.1, 0.15) is 0 Å². The number of rotatable bonds is 5. The Hall–Kier alpha value is -0.970. The second-order valence-electron chi connectivity index (χ2n) is 7.68. The average Bonchev–Trinajstić information content (AvgIpc) is 3.28. The number of hydrogen-bond acceptors (Lipinski definition) is 4. The summed E-state index contributed by atoms with van der Waals surface area (Å²) in [5.74, 6) is 0.835. The third-order valence-corrected chi connectivity index (χ3v) is 5.39. The normalized spacial score (nSPS) is 31.8. The maximum atomic E-state index is 6.25. The van der Waals surface area contributed by atoms with Crippen molar-refractivity contribution in [3.8, 4) is 0 Å². The van der Waals surface area contributed by atoms with Crippen molar-refractivity contribution in [1.82, 2.24) is 9.88 Å². The Morgan fingerprint density at radius 3 is 3.13 bits per heavy atom. The van der Waals surface area contributed by atoms with Crippen LogP contribution in [0.25, 0.3) is 0 Å². The van der Waals surface area contributed by atoms with Gasteiger partial charge in [0.25, 0.3) is 0 Å². The number of aromatic nitrogens is 1. The molecule has 1 aromatic rings. The van der Waals surface area contributed by atoms with Crippen molar-refractivity contribution in [2.24, 2.45) is 5.92 Å². The van der Waals surface area contributed by atoms with Crippen LogP contribution in [0.3, 0.4) is 0 Å². The molecule has 1 aliphatic carbocycles. The minimum atomic E-state index is 0.0241. The van der Waals surface area contributed by atoms with E-state index in [0.717, 1.165) is 50.9 Å². The van der Waals surface area contributed by atoms with Crippen LogP contribution in [0.1, 0.15) is 43.5 Å². The first-order valence-electron chi connectivity index (χ1n) is 9.11. The average molecular weight is 316 g/mol. The van der Waals surface area contributed by atoms with Gasteiger partial charge in [-0.15, -0.1) is 0 Å². The number of likely N-dealkylation sites (tertiary alicyclic amines) is 1. The fourth-order valence-corrected chi connectivity index (χ4v) is 3.99. The van der Waals surface area contributed by atoms with E-state index in [1.165, 1.54) is 31.4 Å². The molecule has 2 aliphatic heterocycles. The lowest BCUT2D eigenvalue weighted by molar-refractivity contribution is -0.0549. The first kappa shape index (κ1) is 15.6. The van der Waals surface area contributed by atoms with E-state index in [1.54, 1.807) is 0 Å². The van der Waals surface area contributed by atoms with Gasteiger partial charge in [0.05, 0.1) is 24.0 Å². The van der Waals surface area contributed by atoms with Crippen LogP contribution in [0.5, 0.6) is 0 Å². The van der Waals surface area contributed by atoms with E-state index < -0.39 is 0 Å². The largest absolute Gasteiger partial charge is 0.375 e. The second kappa shape index (κ2) is 6.50. The molecule has 0 N–H and O–H groups in total. The Balaban J connectivity index is 1.33. The molecule has 3 aliphatic rings. The number of hydrogen-bond donors (Lipinski definition) is 0. The zero-order chi connectivity index (χ0) is 15.7. The van der Waals surface area contributed by atoms with E-state index >= 15 is 0 Å². The molecule has 23 heavy (non-hydrogen) atoms. The van der Waals surface area contributed by atoms with Gasteiger partial charge in [-0.3, -0.25) is 9.88 Å². The summed E-state index contributed by atoms with van der Waals surface area (Å²) in [6.45, 7) is 6.88. The monoisotopic (exact) mass is 316 g/mol. The highest BCUT2D eigenvalue weighted by Gasteiger charge is 2.44. The Kier molecular flexibility index (Phi) is 4.39. The Morgan fingerprint density at radius 2 is 2.30 bits per heavy atom. The maximum absolute atomic E-state index is 6.25. The molecule has 0 amide bonds. The number of aryl methyl sites for hydroxylation is 1.